The Labute approximate surface area is 123 Å². The lowest BCUT2D eigenvalue weighted by molar-refractivity contribution is 0.137. The molecule has 19 heavy (non-hydrogen) atoms. The number of benzene rings is 1. The van der Waals surface area contributed by atoms with Crippen LogP contribution in [0, 0.1) is 5.92 Å². The summed E-state index contributed by atoms with van der Waals surface area (Å²) in [5.41, 5.74) is 1.02. The molecule has 0 aromatic heterocycles. The number of rotatable bonds is 7. The van der Waals surface area contributed by atoms with Gasteiger partial charge in [-0.15, -0.1) is 0 Å². The van der Waals surface area contributed by atoms with Gasteiger partial charge in [0, 0.05) is 23.6 Å². The predicted molar refractivity (Wildman–Crippen MR) is 81.0 cm³/mol. The lowest BCUT2D eigenvalue weighted by Crippen LogP contribution is -2.30. The lowest BCUT2D eigenvalue weighted by atomic mass is 10.1. The average molecular weight is 324 g/mol. The van der Waals surface area contributed by atoms with Crippen LogP contribution in [0.5, 0.6) is 0 Å². The van der Waals surface area contributed by atoms with Crippen molar-refractivity contribution in [2.24, 2.45) is 5.92 Å². The number of aliphatic hydroxyl groups is 1. The van der Waals surface area contributed by atoms with Crippen molar-refractivity contribution < 1.29 is 5.11 Å². The number of hydrogen-bond donors (Lipinski definition) is 1. The summed E-state index contributed by atoms with van der Waals surface area (Å²) in [4.78, 5) is 2.61. The Morgan fingerprint density at radius 2 is 2.05 bits per heavy atom. The summed E-state index contributed by atoms with van der Waals surface area (Å²) in [6.07, 6.45) is 6.06. The van der Waals surface area contributed by atoms with E-state index in [2.05, 4.69) is 20.8 Å². The molecule has 1 N–H and O–H groups in total. The van der Waals surface area contributed by atoms with Crippen molar-refractivity contribution in [1.82, 2.24) is 4.90 Å². The molecule has 0 spiro atoms. The first kappa shape index (κ1) is 13.6. The fourth-order valence-electron chi connectivity index (χ4n) is 2.66. The van der Waals surface area contributed by atoms with Crippen molar-refractivity contribution >= 4 is 15.9 Å². The second-order valence-corrected chi connectivity index (χ2v) is 6.94. The molecular weight excluding hydrogens is 302 g/mol. The molecule has 1 atom stereocenters. The standard InChI is InChI=1S/C16H22BrNO/c17-14-3-1-2-13(10-14)16(19)8-9-18(15-6-7-15)11-12-4-5-12/h1-3,10,12,15-16,19H,4-9,11H2. The van der Waals surface area contributed by atoms with Gasteiger partial charge in [-0.2, -0.15) is 0 Å². The van der Waals surface area contributed by atoms with Gasteiger partial charge < -0.3 is 10.0 Å². The first-order valence-electron chi connectivity index (χ1n) is 7.40. The highest BCUT2D eigenvalue weighted by molar-refractivity contribution is 9.10. The Kier molecular flexibility index (Phi) is 4.25. The van der Waals surface area contributed by atoms with Crippen molar-refractivity contribution in [3.05, 3.63) is 34.3 Å². The van der Waals surface area contributed by atoms with Gasteiger partial charge in [0.15, 0.2) is 0 Å². The molecule has 2 aliphatic rings. The van der Waals surface area contributed by atoms with E-state index in [1.165, 1.54) is 32.2 Å². The maximum atomic E-state index is 10.3. The Balaban J connectivity index is 1.51. The summed E-state index contributed by atoms with van der Waals surface area (Å²) < 4.78 is 1.04. The van der Waals surface area contributed by atoms with Gasteiger partial charge >= 0.3 is 0 Å². The molecule has 2 aliphatic carbocycles. The molecule has 1 aromatic carbocycles. The first-order chi connectivity index (χ1) is 9.22. The van der Waals surface area contributed by atoms with Gasteiger partial charge in [-0.05, 0) is 55.7 Å². The highest BCUT2D eigenvalue weighted by Gasteiger charge is 2.33. The zero-order valence-corrected chi connectivity index (χ0v) is 12.8. The van der Waals surface area contributed by atoms with Crippen LogP contribution in [0.4, 0.5) is 0 Å². The van der Waals surface area contributed by atoms with E-state index < -0.39 is 0 Å². The number of aliphatic hydroxyl groups excluding tert-OH is 1. The molecule has 3 rings (SSSR count). The van der Waals surface area contributed by atoms with Crippen LogP contribution in [0.2, 0.25) is 0 Å². The van der Waals surface area contributed by atoms with E-state index in [9.17, 15) is 5.11 Å². The van der Waals surface area contributed by atoms with E-state index >= 15 is 0 Å². The zero-order valence-electron chi connectivity index (χ0n) is 11.3. The monoisotopic (exact) mass is 323 g/mol. The van der Waals surface area contributed by atoms with E-state index in [1.807, 2.05) is 24.3 Å². The molecule has 1 unspecified atom stereocenters. The summed E-state index contributed by atoms with van der Waals surface area (Å²) in [5, 5.41) is 10.3. The Morgan fingerprint density at radius 3 is 2.68 bits per heavy atom. The van der Waals surface area contributed by atoms with Crippen LogP contribution in [0.25, 0.3) is 0 Å². The topological polar surface area (TPSA) is 23.5 Å². The van der Waals surface area contributed by atoms with Crippen LogP contribution in [0.15, 0.2) is 28.7 Å². The molecule has 0 aliphatic heterocycles. The van der Waals surface area contributed by atoms with Gasteiger partial charge in [0.25, 0.3) is 0 Å². The van der Waals surface area contributed by atoms with Gasteiger partial charge in [-0.3, -0.25) is 0 Å². The van der Waals surface area contributed by atoms with Gasteiger partial charge in [0.2, 0.25) is 0 Å². The summed E-state index contributed by atoms with van der Waals surface area (Å²) >= 11 is 3.46. The fourth-order valence-corrected chi connectivity index (χ4v) is 3.08. The van der Waals surface area contributed by atoms with Gasteiger partial charge in [0.1, 0.15) is 0 Å². The van der Waals surface area contributed by atoms with Crippen molar-refractivity contribution in [1.29, 1.82) is 0 Å². The number of hydrogen-bond acceptors (Lipinski definition) is 2. The molecule has 3 heteroatoms. The molecule has 104 valence electrons. The lowest BCUT2D eigenvalue weighted by Gasteiger charge is -2.23. The second kappa shape index (κ2) is 5.94. The molecule has 0 heterocycles. The summed E-state index contributed by atoms with van der Waals surface area (Å²) in [6.45, 7) is 2.30. The van der Waals surface area contributed by atoms with E-state index in [1.54, 1.807) is 0 Å². The highest BCUT2D eigenvalue weighted by Crippen LogP contribution is 2.35. The minimum Gasteiger partial charge on any atom is -0.388 e. The molecule has 2 saturated carbocycles. The molecule has 0 saturated heterocycles. The SMILES string of the molecule is OC(CCN(CC1CC1)C1CC1)c1cccc(Br)c1. The van der Waals surface area contributed by atoms with Crippen LogP contribution < -0.4 is 0 Å². The first-order valence-corrected chi connectivity index (χ1v) is 8.19. The predicted octanol–water partition coefficient (Wildman–Crippen LogP) is 3.75. The van der Waals surface area contributed by atoms with E-state index in [-0.39, 0.29) is 6.10 Å². The molecule has 0 bridgehead atoms. The quantitative estimate of drug-likeness (QED) is 0.826. The Morgan fingerprint density at radius 1 is 1.26 bits per heavy atom. The van der Waals surface area contributed by atoms with Crippen LogP contribution in [0.1, 0.15) is 43.8 Å². The average Bonchev–Trinajstić information content (AvgIpc) is 3.27. The summed E-state index contributed by atoms with van der Waals surface area (Å²) in [7, 11) is 0. The minimum atomic E-state index is -0.335. The fraction of sp³-hybridized carbons (Fsp3) is 0.625. The van der Waals surface area contributed by atoms with Crippen LogP contribution in [-0.4, -0.2) is 29.1 Å². The molecule has 2 nitrogen and oxygen atoms in total. The summed E-state index contributed by atoms with van der Waals surface area (Å²) in [5.74, 6) is 0.948. The molecule has 0 amide bonds. The van der Waals surface area contributed by atoms with Gasteiger partial charge in [-0.1, -0.05) is 28.1 Å². The number of halogens is 1. The largest absolute Gasteiger partial charge is 0.388 e. The van der Waals surface area contributed by atoms with E-state index in [0.717, 1.165) is 35.0 Å². The third-order valence-corrected chi connectivity index (χ3v) is 4.67. The number of nitrogens with zero attached hydrogens (tertiary/aromatic N) is 1. The maximum Gasteiger partial charge on any atom is 0.0802 e. The van der Waals surface area contributed by atoms with Crippen molar-refractivity contribution in [2.75, 3.05) is 13.1 Å². The third-order valence-electron chi connectivity index (χ3n) is 4.18. The van der Waals surface area contributed by atoms with Crippen molar-refractivity contribution in [3.8, 4) is 0 Å². The minimum absolute atomic E-state index is 0.335. The normalized spacial score (nSPS) is 20.8. The van der Waals surface area contributed by atoms with E-state index in [4.69, 9.17) is 0 Å². The third kappa shape index (κ3) is 4.04. The van der Waals surface area contributed by atoms with Gasteiger partial charge in [-0.25, -0.2) is 0 Å². The molecule has 2 fully saturated rings. The molecule has 0 radical (unpaired) electrons. The van der Waals surface area contributed by atoms with Crippen molar-refractivity contribution in [3.63, 3.8) is 0 Å². The van der Waals surface area contributed by atoms with E-state index in [0.29, 0.717) is 0 Å². The maximum absolute atomic E-state index is 10.3. The van der Waals surface area contributed by atoms with Gasteiger partial charge in [0.05, 0.1) is 6.10 Å². The van der Waals surface area contributed by atoms with Crippen LogP contribution >= 0.6 is 15.9 Å². The highest BCUT2D eigenvalue weighted by atomic mass is 79.9. The Hall–Kier alpha value is -0.380. The second-order valence-electron chi connectivity index (χ2n) is 6.03. The smallest absolute Gasteiger partial charge is 0.0802 e. The molecular formula is C16H22BrNO. The van der Waals surface area contributed by atoms with Crippen molar-refractivity contribution in [2.45, 2.75) is 44.2 Å². The zero-order chi connectivity index (χ0) is 13.2. The summed E-state index contributed by atoms with van der Waals surface area (Å²) in [6, 6.07) is 8.84. The van der Waals surface area contributed by atoms with Crippen LogP contribution in [0.3, 0.4) is 0 Å². The molecule has 1 aromatic rings. The van der Waals surface area contributed by atoms with Crippen LogP contribution in [-0.2, 0) is 0 Å². The Bertz CT molecular complexity index is 429.